The lowest BCUT2D eigenvalue weighted by Crippen LogP contribution is -2.61. The third-order valence-corrected chi connectivity index (χ3v) is 14.0. The average Bonchev–Trinajstić information content (AvgIpc) is 3.97. The second-order valence-electron chi connectivity index (χ2n) is 17.8. The fourth-order valence-electron chi connectivity index (χ4n) is 11.3. The predicted octanol–water partition coefficient (Wildman–Crippen LogP) is 14.4. The predicted molar refractivity (Wildman–Crippen MR) is 259 cm³/mol. The second kappa shape index (κ2) is 13.1. The summed E-state index contributed by atoms with van der Waals surface area (Å²) in [4.78, 5) is 5.09. The minimum absolute atomic E-state index is 0.252. The van der Waals surface area contributed by atoms with Crippen LogP contribution in [0.25, 0.3) is 66.3 Å². The number of hydrogen-bond donors (Lipinski definition) is 0. The number of benzene rings is 8. The quantitative estimate of drug-likeness (QED) is 0.157. The van der Waals surface area contributed by atoms with E-state index >= 15 is 0 Å². The van der Waals surface area contributed by atoms with Gasteiger partial charge in [0, 0.05) is 43.9 Å². The van der Waals surface area contributed by atoms with Gasteiger partial charge in [-0.15, -0.1) is 0 Å². The first-order chi connectivity index (χ1) is 30.5. The summed E-state index contributed by atoms with van der Waals surface area (Å²) in [5.41, 5.74) is 20.6. The zero-order valence-corrected chi connectivity index (χ0v) is 35.1. The molecule has 1 aliphatic carbocycles. The van der Waals surface area contributed by atoms with E-state index in [1.54, 1.807) is 0 Å². The highest BCUT2D eigenvalue weighted by atomic mass is 16.4. The number of para-hydroxylation sites is 3. The van der Waals surface area contributed by atoms with Crippen LogP contribution in [-0.2, 0) is 11.8 Å². The van der Waals surface area contributed by atoms with Gasteiger partial charge in [0.2, 0.25) is 5.88 Å². The Kier molecular flexibility index (Phi) is 7.52. The summed E-state index contributed by atoms with van der Waals surface area (Å²) in [5, 5.41) is 3.34. The summed E-state index contributed by atoms with van der Waals surface area (Å²) in [6.07, 6.45) is 3.33. The number of unbranched alkanes of at least 4 members (excludes halogenated alkanes) is 1. The van der Waals surface area contributed by atoms with E-state index in [0.717, 1.165) is 86.1 Å². The first-order valence-corrected chi connectivity index (χ1v) is 22.1. The topological polar surface area (TPSA) is 32.8 Å². The Hall–Kier alpha value is -7.24. The molecule has 3 aliphatic rings. The van der Waals surface area contributed by atoms with Gasteiger partial charge in [-0.1, -0.05) is 149 Å². The van der Waals surface area contributed by atoms with E-state index in [-0.39, 0.29) is 12.3 Å². The minimum atomic E-state index is -0.322. The van der Waals surface area contributed by atoms with Crippen molar-refractivity contribution in [3.05, 3.63) is 187 Å². The first kappa shape index (κ1) is 35.5. The van der Waals surface area contributed by atoms with Crippen LogP contribution in [0.2, 0.25) is 0 Å². The van der Waals surface area contributed by atoms with E-state index in [1.807, 2.05) is 0 Å². The maximum Gasteiger partial charge on any atom is 0.337 e. The van der Waals surface area contributed by atoms with E-state index in [2.05, 4.69) is 200 Å². The van der Waals surface area contributed by atoms with Crippen molar-refractivity contribution in [1.82, 2.24) is 0 Å². The molecular weight excluding hydrogens is 755 g/mol. The summed E-state index contributed by atoms with van der Waals surface area (Å²) in [7, 11) is 0. The van der Waals surface area contributed by atoms with Gasteiger partial charge in [0.1, 0.15) is 11.2 Å². The van der Waals surface area contributed by atoms with Crippen LogP contribution < -0.4 is 20.6 Å². The Labute approximate surface area is 361 Å². The minimum Gasteiger partial charge on any atom is -0.454 e. The average molecular weight is 799 g/mol. The van der Waals surface area contributed by atoms with Crippen molar-refractivity contribution >= 4 is 79.3 Å². The molecule has 0 fully saturated rings. The number of fused-ring (bicyclic) bond motifs is 14. The van der Waals surface area contributed by atoms with E-state index in [1.165, 1.54) is 55.7 Å². The van der Waals surface area contributed by atoms with Gasteiger partial charge in [0.15, 0.2) is 5.58 Å². The zero-order chi connectivity index (χ0) is 41.3. The van der Waals surface area contributed by atoms with Crippen LogP contribution in [0, 0.1) is 0 Å². The van der Waals surface area contributed by atoms with Gasteiger partial charge in [-0.05, 0) is 106 Å². The Morgan fingerprint density at radius 3 is 2.06 bits per heavy atom. The Morgan fingerprint density at radius 2 is 1.26 bits per heavy atom. The number of rotatable bonds is 6. The Bertz CT molecular complexity index is 3450. The van der Waals surface area contributed by atoms with Gasteiger partial charge in [-0.25, -0.2) is 0 Å². The van der Waals surface area contributed by atoms with Gasteiger partial charge >= 0.3 is 6.85 Å². The molecule has 0 spiro atoms. The molecule has 0 saturated heterocycles. The normalized spacial score (nSPS) is 14.3. The van der Waals surface area contributed by atoms with E-state index in [9.17, 15) is 0 Å². The third kappa shape index (κ3) is 4.79. The highest BCUT2D eigenvalue weighted by molar-refractivity contribution is 6.95. The maximum absolute atomic E-state index is 7.39. The molecule has 0 bridgehead atoms. The van der Waals surface area contributed by atoms with Crippen LogP contribution in [0.5, 0.6) is 0 Å². The molecule has 5 heteroatoms. The van der Waals surface area contributed by atoms with Crippen molar-refractivity contribution in [2.45, 2.75) is 45.4 Å². The molecular formula is C57H43BN2O2. The molecule has 296 valence electrons. The standard InChI is InChI=1S/C57H43BN2O2/c1-4-5-18-35-29-32-47(43(33-35)36-19-8-6-9-20-36)59-54-50-44(38-23-12-15-26-46(38)57(50,2)3)34-45-40-30-31-41-39-24-13-16-27-48(39)61-55(41)53(40)60(37-21-10-7-11-22-37)58(51(45)54)52-42-25-14-17-28-49(42)62-56(52)59/h6-17,19-34H,4-5,18H2,1-3H3. The molecule has 62 heavy (non-hydrogen) atoms. The van der Waals surface area contributed by atoms with Crippen LogP contribution in [0.1, 0.15) is 50.3 Å². The van der Waals surface area contributed by atoms with E-state index < -0.39 is 0 Å². The second-order valence-corrected chi connectivity index (χ2v) is 17.8. The number of nitrogens with zero attached hydrogens (tertiary/aromatic N) is 2. The highest BCUT2D eigenvalue weighted by Crippen LogP contribution is 2.59. The van der Waals surface area contributed by atoms with Crippen molar-refractivity contribution in [3.8, 4) is 33.4 Å². The van der Waals surface area contributed by atoms with Gasteiger partial charge in [0.05, 0.1) is 17.1 Å². The van der Waals surface area contributed by atoms with Crippen molar-refractivity contribution in [3.63, 3.8) is 0 Å². The summed E-state index contributed by atoms with van der Waals surface area (Å²) >= 11 is 0. The zero-order valence-electron chi connectivity index (χ0n) is 35.1. The number of anilines is 5. The summed E-state index contributed by atoms with van der Waals surface area (Å²) < 4.78 is 14.4. The molecule has 4 nitrogen and oxygen atoms in total. The molecule has 8 aromatic carbocycles. The molecule has 0 saturated carbocycles. The molecule has 13 rings (SSSR count). The van der Waals surface area contributed by atoms with Crippen molar-refractivity contribution in [2.75, 3.05) is 9.71 Å². The monoisotopic (exact) mass is 798 g/mol. The Balaban J connectivity index is 1.23. The van der Waals surface area contributed by atoms with Crippen LogP contribution >= 0.6 is 0 Å². The lowest BCUT2D eigenvalue weighted by Gasteiger charge is -2.46. The fourth-order valence-corrected chi connectivity index (χ4v) is 11.3. The van der Waals surface area contributed by atoms with Gasteiger partial charge < -0.3 is 13.6 Å². The van der Waals surface area contributed by atoms with Crippen LogP contribution in [0.3, 0.4) is 0 Å². The van der Waals surface area contributed by atoms with Crippen molar-refractivity contribution in [1.29, 1.82) is 0 Å². The van der Waals surface area contributed by atoms with E-state index in [0.29, 0.717) is 0 Å². The van der Waals surface area contributed by atoms with Crippen molar-refractivity contribution < 1.29 is 8.83 Å². The number of hydrogen-bond acceptors (Lipinski definition) is 4. The first-order valence-electron chi connectivity index (χ1n) is 22.1. The molecule has 0 N–H and O–H groups in total. The smallest absolute Gasteiger partial charge is 0.337 e. The summed E-state index contributed by atoms with van der Waals surface area (Å²) in [6.45, 7) is 6.85. The largest absolute Gasteiger partial charge is 0.454 e. The molecule has 0 atom stereocenters. The fraction of sp³-hybridized carbons (Fsp3) is 0.123. The molecule has 2 aliphatic heterocycles. The van der Waals surface area contributed by atoms with Gasteiger partial charge in [-0.2, -0.15) is 0 Å². The SMILES string of the molecule is CCCCc1ccc(N2c3oc4ccccc4c3B3c4c(cc5c(c42)C(C)(C)c2ccccc2-5)-c2ccc4c(oc5ccccc54)c2N3c2ccccc2)c(-c2ccccc2)c1. The van der Waals surface area contributed by atoms with Gasteiger partial charge in [0.25, 0.3) is 0 Å². The van der Waals surface area contributed by atoms with Crippen LogP contribution in [0.15, 0.2) is 179 Å². The molecule has 2 aromatic heterocycles. The molecule has 0 radical (unpaired) electrons. The summed E-state index contributed by atoms with van der Waals surface area (Å²) in [6, 6.07) is 62.3. The highest BCUT2D eigenvalue weighted by Gasteiger charge is 2.53. The lowest BCUT2D eigenvalue weighted by atomic mass is 9.43. The lowest BCUT2D eigenvalue weighted by molar-refractivity contribution is 0.618. The summed E-state index contributed by atoms with van der Waals surface area (Å²) in [5.74, 6) is 0.856. The molecule has 0 unspecified atom stereocenters. The van der Waals surface area contributed by atoms with Crippen LogP contribution in [-0.4, -0.2) is 6.85 Å². The van der Waals surface area contributed by atoms with Gasteiger partial charge in [-0.3, -0.25) is 4.90 Å². The van der Waals surface area contributed by atoms with E-state index in [4.69, 9.17) is 8.83 Å². The van der Waals surface area contributed by atoms with Crippen molar-refractivity contribution in [2.24, 2.45) is 0 Å². The molecule has 10 aromatic rings. The maximum atomic E-state index is 7.39. The Morgan fingerprint density at radius 1 is 0.548 bits per heavy atom. The number of aryl methyl sites for hydroxylation is 1. The number of furan rings is 2. The third-order valence-electron chi connectivity index (χ3n) is 14.0. The molecule has 4 heterocycles. The van der Waals surface area contributed by atoms with Crippen LogP contribution in [0.4, 0.5) is 28.6 Å². The molecule has 0 amide bonds.